The van der Waals surface area contributed by atoms with E-state index in [2.05, 4.69) is 15.5 Å². The van der Waals surface area contributed by atoms with Gasteiger partial charge in [0.15, 0.2) is 0 Å². The Balaban J connectivity index is 3.36. The highest BCUT2D eigenvalue weighted by Gasteiger charge is 2.02. The summed E-state index contributed by atoms with van der Waals surface area (Å²) in [6, 6.07) is -0.213. The molecule has 0 aromatic heterocycles. The van der Waals surface area contributed by atoms with Crippen LogP contribution in [0.2, 0.25) is 0 Å². The van der Waals surface area contributed by atoms with E-state index in [0.717, 1.165) is 13.1 Å². The molecule has 112 valence electrons. The number of methoxy groups -OCH3 is 1. The minimum Gasteiger partial charge on any atom is -0.481 e. The molecule has 0 heterocycles. The van der Waals surface area contributed by atoms with Crippen LogP contribution < -0.4 is 10.6 Å². The number of amides is 2. The number of unbranched alkanes of at least 4 members (excludes halogenated alkanes) is 1. The Morgan fingerprint density at radius 2 is 1.84 bits per heavy atom. The molecule has 7 heteroatoms. The third kappa shape index (κ3) is 12.9. The first-order valence-corrected chi connectivity index (χ1v) is 6.47. The van der Waals surface area contributed by atoms with Crippen molar-refractivity contribution in [1.29, 1.82) is 0 Å². The second kappa shape index (κ2) is 11.7. The van der Waals surface area contributed by atoms with Crippen molar-refractivity contribution in [1.82, 2.24) is 15.5 Å². The van der Waals surface area contributed by atoms with Crippen molar-refractivity contribution in [2.24, 2.45) is 0 Å². The van der Waals surface area contributed by atoms with Gasteiger partial charge in [0.2, 0.25) is 0 Å². The number of rotatable bonds is 11. The summed E-state index contributed by atoms with van der Waals surface area (Å²) in [5.41, 5.74) is 0. The van der Waals surface area contributed by atoms with Gasteiger partial charge < -0.3 is 25.4 Å². The number of likely N-dealkylation sites (N-methyl/N-ethyl adjacent to an activating group) is 1. The summed E-state index contributed by atoms with van der Waals surface area (Å²) in [6.45, 7) is 3.33. The predicted molar refractivity (Wildman–Crippen MR) is 72.3 cm³/mol. The van der Waals surface area contributed by atoms with Crippen molar-refractivity contribution in [3.8, 4) is 0 Å². The van der Waals surface area contributed by atoms with Crippen LogP contribution in [0.5, 0.6) is 0 Å². The summed E-state index contributed by atoms with van der Waals surface area (Å²) < 4.78 is 4.95. The zero-order valence-corrected chi connectivity index (χ0v) is 11.8. The average Bonchev–Trinajstić information content (AvgIpc) is 2.35. The largest absolute Gasteiger partial charge is 0.481 e. The number of nitrogens with one attached hydrogen (secondary N) is 2. The lowest BCUT2D eigenvalue weighted by atomic mass is 10.2. The second-order valence-corrected chi connectivity index (χ2v) is 4.33. The maximum Gasteiger partial charge on any atom is 0.314 e. The molecule has 0 unspecified atom stereocenters. The molecule has 0 aromatic rings. The minimum atomic E-state index is -0.802. The average molecular weight is 275 g/mol. The van der Waals surface area contributed by atoms with Gasteiger partial charge in [0.1, 0.15) is 0 Å². The van der Waals surface area contributed by atoms with E-state index in [0.29, 0.717) is 32.5 Å². The van der Waals surface area contributed by atoms with Crippen LogP contribution in [0.4, 0.5) is 4.79 Å². The number of aliphatic carboxylic acids is 1. The van der Waals surface area contributed by atoms with Gasteiger partial charge in [-0.05, 0) is 19.9 Å². The topological polar surface area (TPSA) is 90.9 Å². The first-order chi connectivity index (χ1) is 9.06. The summed E-state index contributed by atoms with van der Waals surface area (Å²) in [5.74, 6) is -0.802. The van der Waals surface area contributed by atoms with Crippen LogP contribution in [0.1, 0.15) is 19.3 Å². The third-order valence-corrected chi connectivity index (χ3v) is 2.56. The maximum absolute atomic E-state index is 11.4. The van der Waals surface area contributed by atoms with Gasteiger partial charge in [-0.15, -0.1) is 0 Å². The molecule has 0 saturated carbocycles. The van der Waals surface area contributed by atoms with Gasteiger partial charge in [-0.1, -0.05) is 0 Å². The molecule has 0 fully saturated rings. The maximum atomic E-state index is 11.4. The number of carbonyl (C=O) groups is 2. The van der Waals surface area contributed by atoms with Gasteiger partial charge in [0.05, 0.1) is 6.61 Å². The van der Waals surface area contributed by atoms with E-state index in [1.165, 1.54) is 0 Å². The number of nitrogens with zero attached hydrogens (tertiary/aromatic N) is 1. The standard InChI is InChI=1S/C12H25N3O4/c1-15(9-10-19-2)8-7-14-12(18)13-6-4-3-5-11(16)17/h3-10H2,1-2H3,(H,16,17)(H2,13,14,18). The molecule has 19 heavy (non-hydrogen) atoms. The monoisotopic (exact) mass is 275 g/mol. The van der Waals surface area contributed by atoms with Crippen LogP contribution >= 0.6 is 0 Å². The van der Waals surface area contributed by atoms with Crippen molar-refractivity contribution >= 4 is 12.0 Å². The van der Waals surface area contributed by atoms with Gasteiger partial charge in [-0.2, -0.15) is 0 Å². The zero-order chi connectivity index (χ0) is 14.5. The van der Waals surface area contributed by atoms with Crippen LogP contribution in [-0.2, 0) is 9.53 Å². The molecule has 0 spiro atoms. The molecular weight excluding hydrogens is 250 g/mol. The lowest BCUT2D eigenvalue weighted by Gasteiger charge is -2.16. The smallest absolute Gasteiger partial charge is 0.314 e. The van der Waals surface area contributed by atoms with E-state index in [1.807, 2.05) is 7.05 Å². The lowest BCUT2D eigenvalue weighted by Crippen LogP contribution is -2.40. The van der Waals surface area contributed by atoms with E-state index in [9.17, 15) is 9.59 Å². The lowest BCUT2D eigenvalue weighted by molar-refractivity contribution is -0.137. The van der Waals surface area contributed by atoms with Crippen LogP contribution in [-0.4, -0.2) is 69.0 Å². The highest BCUT2D eigenvalue weighted by molar-refractivity contribution is 5.73. The van der Waals surface area contributed by atoms with Gasteiger partial charge in [0.25, 0.3) is 0 Å². The number of carboxylic acids is 1. The predicted octanol–water partition coefficient (Wildman–Crippen LogP) is 0.119. The fraction of sp³-hybridized carbons (Fsp3) is 0.833. The fourth-order valence-electron chi connectivity index (χ4n) is 1.38. The molecule has 0 atom stereocenters. The normalized spacial score (nSPS) is 10.5. The van der Waals surface area contributed by atoms with Crippen molar-refractivity contribution in [2.45, 2.75) is 19.3 Å². The summed E-state index contributed by atoms with van der Waals surface area (Å²) in [7, 11) is 3.62. The summed E-state index contributed by atoms with van der Waals surface area (Å²) in [6.07, 6.45) is 1.40. The summed E-state index contributed by atoms with van der Waals surface area (Å²) in [4.78, 5) is 23.7. The Morgan fingerprint density at radius 3 is 2.47 bits per heavy atom. The highest BCUT2D eigenvalue weighted by Crippen LogP contribution is 1.93. The molecule has 7 nitrogen and oxygen atoms in total. The Morgan fingerprint density at radius 1 is 1.16 bits per heavy atom. The first-order valence-electron chi connectivity index (χ1n) is 6.47. The molecule has 0 saturated heterocycles. The fourth-order valence-corrected chi connectivity index (χ4v) is 1.38. The van der Waals surface area contributed by atoms with Crippen LogP contribution in [0, 0.1) is 0 Å². The Bertz CT molecular complexity index is 261. The molecular formula is C12H25N3O4. The molecule has 0 aliphatic rings. The van der Waals surface area contributed by atoms with E-state index >= 15 is 0 Å². The van der Waals surface area contributed by atoms with Crippen LogP contribution in [0.25, 0.3) is 0 Å². The molecule has 3 N–H and O–H groups in total. The molecule has 0 radical (unpaired) electrons. The summed E-state index contributed by atoms with van der Waals surface area (Å²) >= 11 is 0. The van der Waals surface area contributed by atoms with Crippen molar-refractivity contribution in [3.05, 3.63) is 0 Å². The van der Waals surface area contributed by atoms with Gasteiger partial charge in [-0.3, -0.25) is 4.79 Å². The summed E-state index contributed by atoms with van der Waals surface area (Å²) in [5, 5.41) is 13.9. The van der Waals surface area contributed by atoms with E-state index in [4.69, 9.17) is 9.84 Å². The molecule has 0 rings (SSSR count). The second-order valence-electron chi connectivity index (χ2n) is 4.33. The number of carbonyl (C=O) groups excluding carboxylic acids is 1. The number of carboxylic acid groups (broad SMARTS) is 1. The SMILES string of the molecule is COCCN(C)CCNC(=O)NCCCCC(=O)O. The molecule has 0 aliphatic carbocycles. The van der Waals surface area contributed by atoms with Crippen LogP contribution in [0.15, 0.2) is 0 Å². The van der Waals surface area contributed by atoms with E-state index < -0.39 is 5.97 Å². The quantitative estimate of drug-likeness (QED) is 0.466. The van der Waals surface area contributed by atoms with E-state index in [-0.39, 0.29) is 12.5 Å². The first kappa shape index (κ1) is 17.7. The Labute approximate surface area is 114 Å². The molecule has 0 bridgehead atoms. The number of hydrogen-bond acceptors (Lipinski definition) is 4. The van der Waals surface area contributed by atoms with Crippen molar-refractivity contribution in [3.63, 3.8) is 0 Å². The molecule has 2 amide bonds. The van der Waals surface area contributed by atoms with Gasteiger partial charge in [0, 0.05) is 39.7 Å². The van der Waals surface area contributed by atoms with E-state index in [1.54, 1.807) is 7.11 Å². The number of ether oxygens (including phenoxy) is 1. The number of hydrogen-bond donors (Lipinski definition) is 3. The molecule has 0 aliphatic heterocycles. The zero-order valence-electron chi connectivity index (χ0n) is 11.8. The Kier molecular flexibility index (Phi) is 10.9. The molecule has 0 aromatic carbocycles. The Hall–Kier alpha value is -1.34. The van der Waals surface area contributed by atoms with Gasteiger partial charge >= 0.3 is 12.0 Å². The highest BCUT2D eigenvalue weighted by atomic mass is 16.5. The van der Waals surface area contributed by atoms with Crippen LogP contribution in [0.3, 0.4) is 0 Å². The van der Waals surface area contributed by atoms with Crippen molar-refractivity contribution < 1.29 is 19.4 Å². The minimum absolute atomic E-state index is 0.146. The van der Waals surface area contributed by atoms with Crippen molar-refractivity contribution in [2.75, 3.05) is 46.9 Å². The third-order valence-electron chi connectivity index (χ3n) is 2.56. The number of urea groups is 1. The van der Waals surface area contributed by atoms with Gasteiger partial charge in [-0.25, -0.2) is 4.79 Å².